The Balaban J connectivity index is 2.23. The normalized spacial score (nSPS) is 26.7. The molecule has 0 aliphatic carbocycles. The van der Waals surface area contributed by atoms with E-state index in [0.29, 0.717) is 12.4 Å². The molecule has 6 heteroatoms. The van der Waals surface area contributed by atoms with E-state index in [1.54, 1.807) is 0 Å². The Morgan fingerprint density at radius 3 is 2.79 bits per heavy atom. The smallest absolute Gasteiger partial charge is 0.227 e. The van der Waals surface area contributed by atoms with E-state index in [2.05, 4.69) is 15.0 Å². The highest BCUT2D eigenvalue weighted by atomic mass is 35.5. The van der Waals surface area contributed by atoms with E-state index in [1.165, 1.54) is 0 Å². The molecule has 5 nitrogen and oxygen atoms in total. The van der Waals surface area contributed by atoms with Crippen molar-refractivity contribution in [3.63, 3.8) is 0 Å². The topological polar surface area (TPSA) is 73.9 Å². The number of anilines is 1. The molecule has 2 heterocycles. The number of aromatic nitrogens is 3. The highest BCUT2D eigenvalue weighted by Crippen LogP contribution is 2.27. The molecule has 1 aromatic heterocycles. The van der Waals surface area contributed by atoms with Gasteiger partial charge in [-0.25, -0.2) is 4.98 Å². The number of halogens is 1. The third-order valence-electron chi connectivity index (χ3n) is 2.21. The molecule has 0 saturated carbocycles. The van der Waals surface area contributed by atoms with Crippen molar-refractivity contribution in [3.05, 3.63) is 11.1 Å². The van der Waals surface area contributed by atoms with Crippen molar-refractivity contribution in [3.8, 4) is 0 Å². The molecule has 1 saturated heterocycles. The average Bonchev–Trinajstić information content (AvgIpc) is 2.50. The Morgan fingerprint density at radius 1 is 1.43 bits per heavy atom. The van der Waals surface area contributed by atoms with Gasteiger partial charge in [0, 0.05) is 5.92 Å². The number of rotatable bonds is 1. The van der Waals surface area contributed by atoms with E-state index < -0.39 is 0 Å². The van der Waals surface area contributed by atoms with Gasteiger partial charge in [0.2, 0.25) is 11.2 Å². The van der Waals surface area contributed by atoms with E-state index >= 15 is 0 Å². The Hall–Kier alpha value is -0.940. The number of nitrogens with two attached hydrogens (primary N) is 1. The minimum absolute atomic E-state index is 0.145. The predicted molar refractivity (Wildman–Crippen MR) is 52.0 cm³/mol. The van der Waals surface area contributed by atoms with Crippen molar-refractivity contribution in [2.24, 2.45) is 0 Å². The van der Waals surface area contributed by atoms with Gasteiger partial charge in [0.1, 0.15) is 5.82 Å². The number of hydrogen-bond acceptors (Lipinski definition) is 5. The molecule has 2 N–H and O–H groups in total. The summed E-state index contributed by atoms with van der Waals surface area (Å²) < 4.78 is 5.42. The van der Waals surface area contributed by atoms with Gasteiger partial charge >= 0.3 is 0 Å². The van der Waals surface area contributed by atoms with E-state index in [-0.39, 0.29) is 23.3 Å². The van der Waals surface area contributed by atoms with Gasteiger partial charge in [-0.1, -0.05) is 0 Å². The lowest BCUT2D eigenvalue weighted by Crippen LogP contribution is -2.08. The van der Waals surface area contributed by atoms with Crippen LogP contribution in [0.5, 0.6) is 0 Å². The molecule has 2 rings (SSSR count). The van der Waals surface area contributed by atoms with E-state index in [0.717, 1.165) is 6.42 Å². The lowest BCUT2D eigenvalue weighted by molar-refractivity contribution is 0.123. The monoisotopic (exact) mass is 214 g/mol. The molecule has 76 valence electrons. The Labute approximate surface area is 86.7 Å². The molecule has 0 spiro atoms. The minimum Gasteiger partial charge on any atom is -0.378 e. The van der Waals surface area contributed by atoms with E-state index in [9.17, 15) is 0 Å². The Bertz CT molecular complexity index is 326. The van der Waals surface area contributed by atoms with Gasteiger partial charge in [-0.3, -0.25) is 0 Å². The first-order valence-electron chi connectivity index (χ1n) is 4.43. The van der Waals surface area contributed by atoms with Crippen LogP contribution >= 0.6 is 11.6 Å². The fourth-order valence-corrected chi connectivity index (χ4v) is 1.73. The molecule has 2 unspecified atom stereocenters. The highest BCUT2D eigenvalue weighted by Gasteiger charge is 2.26. The van der Waals surface area contributed by atoms with Crippen molar-refractivity contribution in [2.75, 3.05) is 12.3 Å². The zero-order valence-electron chi connectivity index (χ0n) is 7.77. The number of nitrogen functional groups attached to an aromatic ring is 1. The first-order valence-corrected chi connectivity index (χ1v) is 4.81. The molecule has 1 aliphatic rings. The average molecular weight is 215 g/mol. The maximum absolute atomic E-state index is 5.68. The summed E-state index contributed by atoms with van der Waals surface area (Å²) in [5.41, 5.74) is 5.47. The summed E-state index contributed by atoms with van der Waals surface area (Å²) in [4.78, 5) is 11.8. The molecule has 1 fully saturated rings. The van der Waals surface area contributed by atoms with Crippen LogP contribution in [0, 0.1) is 0 Å². The SMILES string of the molecule is CC1CC(c2nc(N)nc(Cl)n2)CO1. The van der Waals surface area contributed by atoms with Crippen LogP contribution in [0.1, 0.15) is 25.1 Å². The second-order valence-electron chi connectivity index (χ2n) is 3.40. The molecule has 14 heavy (non-hydrogen) atoms. The number of hydrogen-bond donors (Lipinski definition) is 1. The second kappa shape index (κ2) is 3.67. The van der Waals surface area contributed by atoms with Gasteiger partial charge < -0.3 is 10.5 Å². The summed E-state index contributed by atoms with van der Waals surface area (Å²) in [5, 5.41) is 0.145. The molecule has 0 aromatic carbocycles. The van der Waals surface area contributed by atoms with E-state index in [4.69, 9.17) is 22.1 Å². The molecule has 0 amide bonds. The van der Waals surface area contributed by atoms with Crippen molar-refractivity contribution < 1.29 is 4.74 Å². The zero-order chi connectivity index (χ0) is 10.1. The fraction of sp³-hybridized carbons (Fsp3) is 0.625. The van der Waals surface area contributed by atoms with Crippen LogP contribution in [0.25, 0.3) is 0 Å². The summed E-state index contributed by atoms with van der Waals surface area (Å²) in [6.45, 7) is 2.65. The van der Waals surface area contributed by atoms with Gasteiger partial charge in [-0.05, 0) is 24.9 Å². The summed E-state index contributed by atoms with van der Waals surface area (Å²) in [5.74, 6) is 0.985. The van der Waals surface area contributed by atoms with Crippen LogP contribution in [0.3, 0.4) is 0 Å². The predicted octanol–water partition coefficient (Wildman–Crippen LogP) is 1.000. The molecular formula is C8H11ClN4O. The van der Waals surface area contributed by atoms with Gasteiger partial charge in [-0.15, -0.1) is 0 Å². The quantitative estimate of drug-likeness (QED) is 0.755. The van der Waals surface area contributed by atoms with Gasteiger partial charge in [0.05, 0.1) is 12.7 Å². The van der Waals surface area contributed by atoms with Crippen LogP contribution in [-0.2, 0) is 4.74 Å². The van der Waals surface area contributed by atoms with E-state index in [1.807, 2.05) is 6.92 Å². The summed E-state index contributed by atoms with van der Waals surface area (Å²) in [6.07, 6.45) is 1.15. The van der Waals surface area contributed by atoms with Gasteiger partial charge in [-0.2, -0.15) is 9.97 Å². The Morgan fingerprint density at radius 2 is 2.21 bits per heavy atom. The minimum atomic E-state index is 0.145. The molecule has 0 bridgehead atoms. The Kier molecular flexibility index (Phi) is 2.52. The lowest BCUT2D eigenvalue weighted by Gasteiger charge is -2.05. The first-order chi connectivity index (χ1) is 6.65. The first kappa shape index (κ1) is 9.61. The standard InChI is InChI=1S/C8H11ClN4O/c1-4-2-5(3-14-4)6-11-7(9)13-8(10)12-6/h4-5H,2-3H2,1H3,(H2,10,11,12,13). The zero-order valence-corrected chi connectivity index (χ0v) is 8.53. The summed E-state index contributed by atoms with van der Waals surface area (Å²) >= 11 is 5.68. The number of ether oxygens (including phenoxy) is 1. The van der Waals surface area contributed by atoms with Gasteiger partial charge in [0.25, 0.3) is 0 Å². The highest BCUT2D eigenvalue weighted by molar-refractivity contribution is 6.28. The van der Waals surface area contributed by atoms with Crippen LogP contribution in [0.15, 0.2) is 0 Å². The molecular weight excluding hydrogens is 204 g/mol. The second-order valence-corrected chi connectivity index (χ2v) is 3.74. The third-order valence-corrected chi connectivity index (χ3v) is 2.38. The van der Waals surface area contributed by atoms with Crippen molar-refractivity contribution in [1.82, 2.24) is 15.0 Å². The van der Waals surface area contributed by atoms with Crippen molar-refractivity contribution in [2.45, 2.75) is 25.4 Å². The molecule has 2 atom stereocenters. The van der Waals surface area contributed by atoms with Crippen molar-refractivity contribution in [1.29, 1.82) is 0 Å². The molecule has 1 aromatic rings. The number of nitrogens with zero attached hydrogens (tertiary/aromatic N) is 3. The van der Waals surface area contributed by atoms with Gasteiger partial charge in [0.15, 0.2) is 0 Å². The maximum atomic E-state index is 5.68. The molecule has 1 aliphatic heterocycles. The molecule has 0 radical (unpaired) electrons. The van der Waals surface area contributed by atoms with Crippen LogP contribution in [0.2, 0.25) is 5.28 Å². The van der Waals surface area contributed by atoms with Crippen LogP contribution < -0.4 is 5.73 Å². The largest absolute Gasteiger partial charge is 0.378 e. The summed E-state index contributed by atoms with van der Waals surface area (Å²) in [6, 6.07) is 0. The summed E-state index contributed by atoms with van der Waals surface area (Å²) in [7, 11) is 0. The maximum Gasteiger partial charge on any atom is 0.227 e. The van der Waals surface area contributed by atoms with Crippen molar-refractivity contribution >= 4 is 17.5 Å². The fourth-order valence-electron chi connectivity index (χ4n) is 1.56. The van der Waals surface area contributed by atoms with Crippen LogP contribution in [-0.4, -0.2) is 27.7 Å². The van der Waals surface area contributed by atoms with Crippen LogP contribution in [0.4, 0.5) is 5.95 Å². The third kappa shape index (κ3) is 1.93. The lowest BCUT2D eigenvalue weighted by atomic mass is 10.1.